The van der Waals surface area contributed by atoms with E-state index < -0.39 is 11.1 Å². The van der Waals surface area contributed by atoms with E-state index in [-0.39, 0.29) is 11.6 Å². The number of amides is 1. The summed E-state index contributed by atoms with van der Waals surface area (Å²) in [6.45, 7) is 4.23. The molecule has 0 aliphatic carbocycles. The quantitative estimate of drug-likeness (QED) is 0.481. The SMILES string of the molecule is CCOc1ccc(N2C(=O)c3cccnc3[C@@H]2Nc2ccc(C)cc2[N+](=O)[O-])cc1. The molecule has 2 heterocycles. The molecule has 0 fully saturated rings. The van der Waals surface area contributed by atoms with Crippen molar-refractivity contribution in [3.8, 4) is 5.75 Å². The molecule has 152 valence electrons. The summed E-state index contributed by atoms with van der Waals surface area (Å²) in [4.78, 5) is 30.2. The molecule has 4 rings (SSSR count). The topological polar surface area (TPSA) is 97.6 Å². The molecule has 1 aliphatic rings. The second-order valence-electron chi connectivity index (χ2n) is 6.86. The molecule has 30 heavy (non-hydrogen) atoms. The Kier molecular flexibility index (Phi) is 5.05. The maximum absolute atomic E-state index is 13.2. The molecule has 0 spiro atoms. The van der Waals surface area contributed by atoms with Crippen molar-refractivity contribution in [2.75, 3.05) is 16.8 Å². The fourth-order valence-electron chi connectivity index (χ4n) is 3.52. The molecule has 0 radical (unpaired) electrons. The summed E-state index contributed by atoms with van der Waals surface area (Å²) in [5.74, 6) is 0.469. The fourth-order valence-corrected chi connectivity index (χ4v) is 3.52. The van der Waals surface area contributed by atoms with Gasteiger partial charge in [-0.1, -0.05) is 6.07 Å². The van der Waals surface area contributed by atoms with Crippen molar-refractivity contribution in [2.45, 2.75) is 20.0 Å². The zero-order valence-corrected chi connectivity index (χ0v) is 16.5. The molecule has 1 amide bonds. The van der Waals surface area contributed by atoms with Gasteiger partial charge in [-0.3, -0.25) is 24.8 Å². The second-order valence-corrected chi connectivity index (χ2v) is 6.86. The summed E-state index contributed by atoms with van der Waals surface area (Å²) in [5.41, 5.74) is 2.64. The van der Waals surface area contributed by atoms with Gasteiger partial charge in [-0.05, 0) is 61.9 Å². The molecule has 8 heteroatoms. The predicted octanol–water partition coefficient (Wildman–Crippen LogP) is 4.47. The maximum Gasteiger partial charge on any atom is 0.292 e. The van der Waals surface area contributed by atoms with Crippen molar-refractivity contribution in [3.63, 3.8) is 0 Å². The van der Waals surface area contributed by atoms with Gasteiger partial charge in [-0.25, -0.2) is 0 Å². The van der Waals surface area contributed by atoms with Crippen LogP contribution in [0.4, 0.5) is 17.1 Å². The number of carbonyl (C=O) groups excluding carboxylic acids is 1. The number of anilines is 2. The van der Waals surface area contributed by atoms with E-state index in [9.17, 15) is 14.9 Å². The highest BCUT2D eigenvalue weighted by Crippen LogP contribution is 2.39. The van der Waals surface area contributed by atoms with Crippen LogP contribution in [0.5, 0.6) is 5.75 Å². The molecule has 1 N–H and O–H groups in total. The number of nitrogens with zero attached hydrogens (tertiary/aromatic N) is 3. The van der Waals surface area contributed by atoms with Gasteiger partial charge in [0.15, 0.2) is 6.17 Å². The smallest absolute Gasteiger partial charge is 0.292 e. The van der Waals surface area contributed by atoms with Crippen molar-refractivity contribution >= 4 is 23.0 Å². The first-order valence-electron chi connectivity index (χ1n) is 9.52. The van der Waals surface area contributed by atoms with Crippen molar-refractivity contribution < 1.29 is 14.5 Å². The number of aryl methyl sites for hydroxylation is 1. The van der Waals surface area contributed by atoms with Gasteiger partial charge in [0, 0.05) is 18.0 Å². The normalized spacial score (nSPS) is 15.1. The standard InChI is InChI=1S/C22H20N4O4/c1-3-30-16-9-7-15(8-10-16)25-21(20-17(22(25)27)5-4-12-23-20)24-18-11-6-14(2)13-19(18)26(28)29/h4-13,21,24H,3H2,1-2H3/t21-/m1/s1. The predicted molar refractivity (Wildman–Crippen MR) is 113 cm³/mol. The molecule has 0 unspecified atom stereocenters. The monoisotopic (exact) mass is 404 g/mol. The number of pyridine rings is 1. The number of aromatic nitrogens is 1. The molecule has 1 aromatic heterocycles. The van der Waals surface area contributed by atoms with Gasteiger partial charge in [0.25, 0.3) is 11.6 Å². The van der Waals surface area contributed by atoms with E-state index in [0.717, 1.165) is 5.56 Å². The summed E-state index contributed by atoms with van der Waals surface area (Å²) >= 11 is 0. The van der Waals surface area contributed by atoms with Gasteiger partial charge >= 0.3 is 0 Å². The first-order valence-corrected chi connectivity index (χ1v) is 9.52. The summed E-state index contributed by atoms with van der Waals surface area (Å²) in [5, 5.41) is 14.7. The van der Waals surface area contributed by atoms with Crippen LogP contribution < -0.4 is 15.0 Å². The minimum absolute atomic E-state index is 0.0570. The molecule has 2 aromatic carbocycles. The van der Waals surface area contributed by atoms with Crippen LogP contribution in [0.15, 0.2) is 60.8 Å². The number of rotatable bonds is 6. The third-order valence-electron chi connectivity index (χ3n) is 4.87. The lowest BCUT2D eigenvalue weighted by atomic mass is 10.1. The van der Waals surface area contributed by atoms with Crippen molar-refractivity contribution in [1.82, 2.24) is 4.98 Å². The Labute approximate surface area is 173 Å². The van der Waals surface area contributed by atoms with Crippen molar-refractivity contribution in [2.24, 2.45) is 0 Å². The number of carbonyl (C=O) groups is 1. The maximum atomic E-state index is 13.2. The second kappa shape index (κ2) is 7.82. The van der Waals surface area contributed by atoms with Gasteiger partial charge in [0.2, 0.25) is 0 Å². The van der Waals surface area contributed by atoms with E-state index >= 15 is 0 Å². The van der Waals surface area contributed by atoms with Crippen LogP contribution in [0.3, 0.4) is 0 Å². The number of hydrogen-bond acceptors (Lipinski definition) is 6. The van der Waals surface area contributed by atoms with E-state index in [2.05, 4.69) is 10.3 Å². The lowest BCUT2D eigenvalue weighted by Gasteiger charge is -2.26. The lowest BCUT2D eigenvalue weighted by Crippen LogP contribution is -2.32. The Bertz CT molecular complexity index is 1110. The molecule has 3 aromatic rings. The molecule has 0 bridgehead atoms. The molecular formula is C22H20N4O4. The number of nitro benzene ring substituents is 1. The summed E-state index contributed by atoms with van der Waals surface area (Å²) in [6.07, 6.45) is 0.916. The number of ether oxygens (including phenoxy) is 1. The van der Waals surface area contributed by atoms with Crippen molar-refractivity contribution in [1.29, 1.82) is 0 Å². The summed E-state index contributed by atoms with van der Waals surface area (Å²) < 4.78 is 5.48. The Hall–Kier alpha value is -3.94. The van der Waals surface area contributed by atoms with Crippen molar-refractivity contribution in [3.05, 3.63) is 87.7 Å². The Morgan fingerprint density at radius 1 is 1.20 bits per heavy atom. The van der Waals surface area contributed by atoms with E-state index in [1.54, 1.807) is 66.6 Å². The number of benzene rings is 2. The molecule has 0 saturated heterocycles. The van der Waals surface area contributed by atoms with E-state index in [1.165, 1.54) is 6.07 Å². The average molecular weight is 404 g/mol. The number of fused-ring (bicyclic) bond motifs is 1. The highest BCUT2D eigenvalue weighted by atomic mass is 16.6. The minimum atomic E-state index is -0.687. The van der Waals surface area contributed by atoms with Crippen LogP contribution in [-0.2, 0) is 0 Å². The zero-order chi connectivity index (χ0) is 21.3. The van der Waals surface area contributed by atoms with Crippen LogP contribution in [0.2, 0.25) is 0 Å². The lowest BCUT2D eigenvalue weighted by molar-refractivity contribution is -0.384. The number of nitrogens with one attached hydrogen (secondary N) is 1. The van der Waals surface area contributed by atoms with E-state index in [1.807, 2.05) is 6.92 Å². The summed E-state index contributed by atoms with van der Waals surface area (Å²) in [6, 6.07) is 15.5. The Morgan fingerprint density at radius 2 is 1.97 bits per heavy atom. The number of nitro groups is 1. The third-order valence-corrected chi connectivity index (χ3v) is 4.87. The van der Waals surface area contributed by atoms with Gasteiger partial charge in [-0.15, -0.1) is 0 Å². The van der Waals surface area contributed by atoms with Crippen LogP contribution in [0, 0.1) is 17.0 Å². The van der Waals surface area contributed by atoms with Gasteiger partial charge < -0.3 is 10.1 Å². The highest BCUT2D eigenvalue weighted by molar-refractivity contribution is 6.11. The first-order chi connectivity index (χ1) is 14.5. The van der Waals surface area contributed by atoms with Gasteiger partial charge in [-0.2, -0.15) is 0 Å². The largest absolute Gasteiger partial charge is 0.494 e. The molecule has 0 saturated carbocycles. The number of hydrogen-bond donors (Lipinski definition) is 1. The molecular weight excluding hydrogens is 384 g/mol. The first kappa shape index (κ1) is 19.4. The van der Waals surface area contributed by atoms with Gasteiger partial charge in [0.05, 0.1) is 22.8 Å². The van der Waals surface area contributed by atoms with Crippen LogP contribution in [0.1, 0.15) is 34.7 Å². The zero-order valence-electron chi connectivity index (χ0n) is 16.5. The Balaban J connectivity index is 1.77. The fraction of sp³-hybridized carbons (Fsp3) is 0.182. The Morgan fingerprint density at radius 3 is 2.67 bits per heavy atom. The van der Waals surface area contributed by atoms with E-state index in [4.69, 9.17) is 4.74 Å². The highest BCUT2D eigenvalue weighted by Gasteiger charge is 2.39. The minimum Gasteiger partial charge on any atom is -0.494 e. The molecule has 1 atom stereocenters. The molecule has 8 nitrogen and oxygen atoms in total. The van der Waals surface area contributed by atoms with Crippen LogP contribution in [-0.4, -0.2) is 22.4 Å². The third kappa shape index (κ3) is 3.43. The average Bonchev–Trinajstić information content (AvgIpc) is 3.02. The molecule has 1 aliphatic heterocycles. The van der Waals surface area contributed by atoms with E-state index in [0.29, 0.717) is 35.0 Å². The summed E-state index contributed by atoms with van der Waals surface area (Å²) in [7, 11) is 0. The van der Waals surface area contributed by atoms with Crippen LogP contribution in [0.25, 0.3) is 0 Å². The van der Waals surface area contributed by atoms with Crippen LogP contribution >= 0.6 is 0 Å². The van der Waals surface area contributed by atoms with Gasteiger partial charge in [0.1, 0.15) is 11.4 Å².